The molecule has 0 aliphatic carbocycles. The van der Waals surface area contributed by atoms with Crippen molar-refractivity contribution in [3.05, 3.63) is 71.9 Å². The molecule has 3 rings (SSSR count). The van der Waals surface area contributed by atoms with Gasteiger partial charge in [0, 0.05) is 5.56 Å². The van der Waals surface area contributed by atoms with Crippen LogP contribution in [0, 0.1) is 5.82 Å². The average Bonchev–Trinajstić information content (AvgIpc) is 3.14. The average molecular weight is 404 g/mol. The molecule has 0 aliphatic rings. The van der Waals surface area contributed by atoms with Gasteiger partial charge in [0.15, 0.2) is 0 Å². The number of ether oxygens (including phenoxy) is 1. The van der Waals surface area contributed by atoms with Crippen molar-refractivity contribution in [3.63, 3.8) is 0 Å². The Labute approximate surface area is 161 Å². The van der Waals surface area contributed by atoms with Gasteiger partial charge in [-0.2, -0.15) is 0 Å². The molecule has 0 bridgehead atoms. The van der Waals surface area contributed by atoms with Gasteiger partial charge in [-0.3, -0.25) is 4.31 Å². The molecule has 28 heavy (non-hydrogen) atoms. The van der Waals surface area contributed by atoms with Crippen molar-refractivity contribution in [2.24, 2.45) is 0 Å². The predicted molar refractivity (Wildman–Crippen MR) is 101 cm³/mol. The summed E-state index contributed by atoms with van der Waals surface area (Å²) >= 11 is 0. The van der Waals surface area contributed by atoms with Gasteiger partial charge in [0.2, 0.25) is 15.9 Å². The molecule has 0 radical (unpaired) electrons. The molecule has 0 fully saturated rings. The van der Waals surface area contributed by atoms with Crippen molar-refractivity contribution in [1.82, 2.24) is 4.98 Å². The van der Waals surface area contributed by atoms with Crippen molar-refractivity contribution in [2.45, 2.75) is 6.54 Å². The van der Waals surface area contributed by atoms with Crippen LogP contribution < -0.4 is 4.31 Å². The molecule has 0 spiro atoms. The molecule has 0 saturated carbocycles. The highest BCUT2D eigenvalue weighted by Crippen LogP contribution is 2.24. The van der Waals surface area contributed by atoms with Crippen LogP contribution in [0.4, 0.5) is 10.1 Å². The second kappa shape index (κ2) is 7.81. The number of esters is 1. The number of carbonyl (C=O) groups excluding carboxylic acids is 1. The standard InChI is InChI=1S/C19H17FN2O5S/c1-26-19(23)14-5-9-17(10-6-14)22(28(2,24)25)11-16-12-27-18(21-16)13-3-7-15(20)8-4-13/h3-10,12H,11H2,1-2H3. The molecule has 2 aromatic carbocycles. The summed E-state index contributed by atoms with van der Waals surface area (Å²) in [5.41, 5.74) is 1.61. The number of aromatic nitrogens is 1. The van der Waals surface area contributed by atoms with Gasteiger partial charge < -0.3 is 9.15 Å². The molecule has 0 unspecified atom stereocenters. The number of rotatable bonds is 6. The second-order valence-corrected chi connectivity index (χ2v) is 7.87. The van der Waals surface area contributed by atoms with E-state index in [1.807, 2.05) is 0 Å². The van der Waals surface area contributed by atoms with E-state index in [0.29, 0.717) is 22.5 Å². The highest BCUT2D eigenvalue weighted by Gasteiger charge is 2.20. The number of sulfonamides is 1. The number of benzene rings is 2. The van der Waals surface area contributed by atoms with E-state index >= 15 is 0 Å². The maximum atomic E-state index is 13.0. The smallest absolute Gasteiger partial charge is 0.337 e. The number of nitrogens with zero attached hydrogens (tertiary/aromatic N) is 2. The number of halogens is 1. The summed E-state index contributed by atoms with van der Waals surface area (Å²) in [6.45, 7) is -0.0684. The summed E-state index contributed by atoms with van der Waals surface area (Å²) in [6, 6.07) is 11.6. The molecule has 1 heterocycles. The molecule has 0 N–H and O–H groups in total. The lowest BCUT2D eigenvalue weighted by Gasteiger charge is -2.21. The zero-order valence-electron chi connectivity index (χ0n) is 15.1. The number of hydrogen-bond acceptors (Lipinski definition) is 6. The van der Waals surface area contributed by atoms with Crippen molar-refractivity contribution in [2.75, 3.05) is 17.7 Å². The number of carbonyl (C=O) groups is 1. The highest BCUT2D eigenvalue weighted by atomic mass is 32.2. The molecule has 146 valence electrons. The van der Waals surface area contributed by atoms with Crippen LogP contribution >= 0.6 is 0 Å². The normalized spacial score (nSPS) is 11.2. The third-order valence-corrected chi connectivity index (χ3v) is 5.07. The Morgan fingerprint density at radius 1 is 1.14 bits per heavy atom. The lowest BCUT2D eigenvalue weighted by molar-refractivity contribution is 0.0600. The van der Waals surface area contributed by atoms with Crippen molar-refractivity contribution in [3.8, 4) is 11.5 Å². The van der Waals surface area contributed by atoms with Gasteiger partial charge in [-0.25, -0.2) is 22.6 Å². The summed E-state index contributed by atoms with van der Waals surface area (Å²) < 4.78 is 48.7. The molecular formula is C19H17FN2O5S. The van der Waals surface area contributed by atoms with E-state index in [9.17, 15) is 17.6 Å². The maximum absolute atomic E-state index is 13.0. The predicted octanol–water partition coefficient (Wildman–Crippen LogP) is 3.23. The van der Waals surface area contributed by atoms with Crippen LogP contribution in [0.3, 0.4) is 0 Å². The Bertz CT molecular complexity index is 1080. The number of anilines is 1. The minimum absolute atomic E-state index is 0.0684. The first-order chi connectivity index (χ1) is 13.3. The van der Waals surface area contributed by atoms with E-state index in [1.165, 1.54) is 61.9 Å². The van der Waals surface area contributed by atoms with Gasteiger partial charge in [-0.1, -0.05) is 0 Å². The summed E-state index contributed by atoms with van der Waals surface area (Å²) in [6.07, 6.45) is 2.42. The SMILES string of the molecule is COC(=O)c1ccc(N(Cc2coc(-c3ccc(F)cc3)n2)S(C)(=O)=O)cc1. The lowest BCUT2D eigenvalue weighted by Crippen LogP contribution is -2.29. The van der Waals surface area contributed by atoms with E-state index in [4.69, 9.17) is 4.42 Å². The van der Waals surface area contributed by atoms with Crippen LogP contribution in [0.5, 0.6) is 0 Å². The van der Waals surface area contributed by atoms with E-state index in [0.717, 1.165) is 10.6 Å². The molecule has 9 heteroatoms. The zero-order valence-corrected chi connectivity index (χ0v) is 15.9. The third kappa shape index (κ3) is 4.37. The first-order valence-electron chi connectivity index (χ1n) is 8.14. The fourth-order valence-electron chi connectivity index (χ4n) is 2.53. The van der Waals surface area contributed by atoms with Crippen LogP contribution in [0.15, 0.2) is 59.2 Å². The molecule has 0 atom stereocenters. The van der Waals surface area contributed by atoms with Crippen molar-refractivity contribution in [1.29, 1.82) is 0 Å². The summed E-state index contributed by atoms with van der Waals surface area (Å²) in [4.78, 5) is 15.8. The Hall–Kier alpha value is -3.20. The topological polar surface area (TPSA) is 89.7 Å². The highest BCUT2D eigenvalue weighted by molar-refractivity contribution is 7.92. The molecule has 3 aromatic rings. The van der Waals surface area contributed by atoms with E-state index < -0.39 is 16.0 Å². The van der Waals surface area contributed by atoms with Crippen LogP contribution in [-0.2, 0) is 21.3 Å². The quantitative estimate of drug-likeness (QED) is 0.586. The molecule has 1 aromatic heterocycles. The zero-order chi connectivity index (χ0) is 20.3. The van der Waals surface area contributed by atoms with Gasteiger partial charge in [-0.15, -0.1) is 0 Å². The van der Waals surface area contributed by atoms with Crippen molar-refractivity contribution < 1.29 is 26.8 Å². The molecule has 7 nitrogen and oxygen atoms in total. The third-order valence-electron chi connectivity index (χ3n) is 3.93. The Morgan fingerprint density at radius 2 is 1.79 bits per heavy atom. The van der Waals surface area contributed by atoms with Gasteiger partial charge in [0.05, 0.1) is 31.2 Å². The fourth-order valence-corrected chi connectivity index (χ4v) is 3.40. The molecule has 0 amide bonds. The van der Waals surface area contributed by atoms with Gasteiger partial charge in [-0.05, 0) is 48.5 Å². The summed E-state index contributed by atoms with van der Waals surface area (Å²) in [7, 11) is -2.36. The van der Waals surface area contributed by atoms with Crippen LogP contribution in [0.25, 0.3) is 11.5 Å². The summed E-state index contributed by atoms with van der Waals surface area (Å²) in [5.74, 6) is -0.642. The molecular weight excluding hydrogens is 387 g/mol. The van der Waals surface area contributed by atoms with Crippen LogP contribution in [-0.4, -0.2) is 32.7 Å². The lowest BCUT2D eigenvalue weighted by atomic mass is 10.2. The van der Waals surface area contributed by atoms with Crippen LogP contribution in [0.1, 0.15) is 16.1 Å². The fraction of sp³-hybridized carbons (Fsp3) is 0.158. The first kappa shape index (κ1) is 19.6. The van der Waals surface area contributed by atoms with Gasteiger partial charge in [0.1, 0.15) is 17.8 Å². The van der Waals surface area contributed by atoms with Gasteiger partial charge in [0.25, 0.3) is 0 Å². The maximum Gasteiger partial charge on any atom is 0.337 e. The summed E-state index contributed by atoms with van der Waals surface area (Å²) in [5, 5.41) is 0. The minimum atomic E-state index is -3.63. The Balaban J connectivity index is 1.86. The van der Waals surface area contributed by atoms with E-state index in [-0.39, 0.29) is 18.3 Å². The number of hydrogen-bond donors (Lipinski definition) is 0. The number of oxazole rings is 1. The first-order valence-corrected chi connectivity index (χ1v) is 9.99. The van der Waals surface area contributed by atoms with Gasteiger partial charge >= 0.3 is 5.97 Å². The Morgan fingerprint density at radius 3 is 2.36 bits per heavy atom. The number of methoxy groups -OCH3 is 1. The van der Waals surface area contributed by atoms with Crippen LogP contribution in [0.2, 0.25) is 0 Å². The van der Waals surface area contributed by atoms with Crippen molar-refractivity contribution >= 4 is 21.7 Å². The molecule has 0 aliphatic heterocycles. The minimum Gasteiger partial charge on any atom is -0.465 e. The Kier molecular flexibility index (Phi) is 5.46. The molecule has 0 saturated heterocycles. The largest absolute Gasteiger partial charge is 0.465 e. The monoisotopic (exact) mass is 404 g/mol. The van der Waals surface area contributed by atoms with E-state index in [1.54, 1.807) is 0 Å². The second-order valence-electron chi connectivity index (χ2n) is 5.96. The van der Waals surface area contributed by atoms with E-state index in [2.05, 4.69) is 9.72 Å².